The minimum Gasteiger partial charge on any atom is -0.374 e. The molecule has 2 rings (SSSR count). The second kappa shape index (κ2) is 7.68. The SMILES string of the molecule is CCS(=O)c1ccccc1C(=O)NCC1CN(C)CCO1. The van der Waals surface area contributed by atoms with E-state index in [2.05, 4.69) is 10.2 Å². The van der Waals surface area contributed by atoms with Gasteiger partial charge >= 0.3 is 0 Å². The van der Waals surface area contributed by atoms with E-state index in [0.29, 0.717) is 29.4 Å². The zero-order valence-corrected chi connectivity index (χ0v) is 13.3. The highest BCUT2D eigenvalue weighted by Gasteiger charge is 2.20. The fourth-order valence-corrected chi connectivity index (χ4v) is 3.25. The Hall–Kier alpha value is -1.24. The van der Waals surface area contributed by atoms with E-state index in [0.717, 1.165) is 13.1 Å². The molecule has 1 aromatic carbocycles. The summed E-state index contributed by atoms with van der Waals surface area (Å²) >= 11 is 0. The molecule has 5 nitrogen and oxygen atoms in total. The van der Waals surface area contributed by atoms with Crippen molar-refractivity contribution in [1.29, 1.82) is 0 Å². The Morgan fingerprint density at radius 1 is 1.48 bits per heavy atom. The van der Waals surface area contributed by atoms with Gasteiger partial charge in [-0.1, -0.05) is 19.1 Å². The number of hydrogen-bond acceptors (Lipinski definition) is 4. The Balaban J connectivity index is 1.99. The number of hydrogen-bond donors (Lipinski definition) is 1. The highest BCUT2D eigenvalue weighted by atomic mass is 32.2. The Kier molecular flexibility index (Phi) is 5.90. The quantitative estimate of drug-likeness (QED) is 0.877. The fourth-order valence-electron chi connectivity index (χ4n) is 2.30. The maximum Gasteiger partial charge on any atom is 0.252 e. The van der Waals surface area contributed by atoms with Gasteiger partial charge in [-0.05, 0) is 19.2 Å². The summed E-state index contributed by atoms with van der Waals surface area (Å²) in [7, 11) is 0.902. The number of nitrogens with zero attached hydrogens (tertiary/aromatic N) is 1. The van der Waals surface area contributed by atoms with E-state index >= 15 is 0 Å². The summed E-state index contributed by atoms with van der Waals surface area (Å²) in [6, 6.07) is 7.06. The standard InChI is InChI=1S/C15H22N2O3S/c1-3-21(19)14-7-5-4-6-13(14)15(18)16-10-12-11-17(2)8-9-20-12/h4-7,12H,3,8-11H2,1-2H3,(H,16,18). The largest absolute Gasteiger partial charge is 0.374 e. The van der Waals surface area contributed by atoms with Gasteiger partial charge in [-0.15, -0.1) is 0 Å². The first-order valence-electron chi connectivity index (χ1n) is 7.17. The molecule has 0 radical (unpaired) electrons. The third-order valence-electron chi connectivity index (χ3n) is 3.47. The number of ether oxygens (including phenoxy) is 1. The maximum atomic E-state index is 12.3. The summed E-state index contributed by atoms with van der Waals surface area (Å²) in [5, 5.41) is 2.88. The minimum atomic E-state index is -1.14. The lowest BCUT2D eigenvalue weighted by Crippen LogP contribution is -2.46. The van der Waals surface area contributed by atoms with Crippen LogP contribution < -0.4 is 5.32 Å². The first-order chi connectivity index (χ1) is 10.1. The van der Waals surface area contributed by atoms with Crippen LogP contribution in [0.15, 0.2) is 29.2 Å². The second-order valence-corrected chi connectivity index (χ2v) is 6.80. The third kappa shape index (κ3) is 4.36. The Labute approximate surface area is 128 Å². The summed E-state index contributed by atoms with van der Waals surface area (Å²) in [5.41, 5.74) is 0.488. The molecule has 1 amide bonds. The number of likely N-dealkylation sites (N-methyl/N-ethyl adjacent to an activating group) is 1. The fraction of sp³-hybridized carbons (Fsp3) is 0.533. The van der Waals surface area contributed by atoms with Crippen molar-refractivity contribution >= 4 is 16.7 Å². The van der Waals surface area contributed by atoms with Crippen molar-refractivity contribution in [1.82, 2.24) is 10.2 Å². The predicted molar refractivity (Wildman–Crippen MR) is 83.0 cm³/mol. The summed E-state index contributed by atoms with van der Waals surface area (Å²) in [6.45, 7) is 4.73. The zero-order valence-electron chi connectivity index (χ0n) is 12.5. The van der Waals surface area contributed by atoms with E-state index in [1.54, 1.807) is 24.3 Å². The van der Waals surface area contributed by atoms with Crippen molar-refractivity contribution in [3.63, 3.8) is 0 Å². The molecule has 116 valence electrons. The van der Waals surface area contributed by atoms with E-state index in [4.69, 9.17) is 4.74 Å². The van der Waals surface area contributed by atoms with Crippen LogP contribution in [0, 0.1) is 0 Å². The molecule has 1 heterocycles. The van der Waals surface area contributed by atoms with Crippen LogP contribution in [0.1, 0.15) is 17.3 Å². The maximum absolute atomic E-state index is 12.3. The number of benzene rings is 1. The van der Waals surface area contributed by atoms with Crippen LogP contribution in [0.3, 0.4) is 0 Å². The normalized spacial score (nSPS) is 21.0. The molecule has 1 fully saturated rings. The summed E-state index contributed by atoms with van der Waals surface area (Å²) < 4.78 is 17.6. The molecule has 0 saturated carbocycles. The van der Waals surface area contributed by atoms with Crippen molar-refractivity contribution in [2.24, 2.45) is 0 Å². The number of carbonyl (C=O) groups excluding carboxylic acids is 1. The van der Waals surface area contributed by atoms with Gasteiger partial charge in [-0.2, -0.15) is 0 Å². The number of rotatable bonds is 5. The van der Waals surface area contributed by atoms with Crippen molar-refractivity contribution in [2.75, 3.05) is 39.0 Å². The van der Waals surface area contributed by atoms with Crippen LogP contribution in [0.2, 0.25) is 0 Å². The molecule has 0 bridgehead atoms. The van der Waals surface area contributed by atoms with E-state index in [1.807, 2.05) is 14.0 Å². The van der Waals surface area contributed by atoms with Gasteiger partial charge in [0.25, 0.3) is 5.91 Å². The van der Waals surface area contributed by atoms with E-state index < -0.39 is 10.8 Å². The number of nitrogens with one attached hydrogen (secondary N) is 1. The lowest BCUT2D eigenvalue weighted by molar-refractivity contribution is -0.0175. The van der Waals surface area contributed by atoms with Crippen molar-refractivity contribution < 1.29 is 13.7 Å². The average Bonchev–Trinajstić information content (AvgIpc) is 2.52. The lowest BCUT2D eigenvalue weighted by Gasteiger charge is -2.30. The Morgan fingerprint density at radius 2 is 2.24 bits per heavy atom. The molecule has 1 N–H and O–H groups in total. The molecule has 21 heavy (non-hydrogen) atoms. The first kappa shape index (κ1) is 16.1. The molecule has 2 atom stereocenters. The first-order valence-corrected chi connectivity index (χ1v) is 8.49. The van der Waals surface area contributed by atoms with Gasteiger partial charge in [0, 0.05) is 25.4 Å². The van der Waals surface area contributed by atoms with Crippen LogP contribution in [0.5, 0.6) is 0 Å². The highest BCUT2D eigenvalue weighted by Crippen LogP contribution is 2.14. The lowest BCUT2D eigenvalue weighted by atomic mass is 10.2. The predicted octanol–water partition coefficient (Wildman–Crippen LogP) is 0.874. The minimum absolute atomic E-state index is 0.0107. The van der Waals surface area contributed by atoms with Crippen LogP contribution in [-0.4, -0.2) is 60.2 Å². The number of morpholine rings is 1. The summed E-state index contributed by atoms with van der Waals surface area (Å²) in [4.78, 5) is 15.1. The molecule has 6 heteroatoms. The van der Waals surface area contributed by atoms with Gasteiger partial charge in [0.05, 0.1) is 34.0 Å². The molecule has 2 unspecified atom stereocenters. The molecule has 0 spiro atoms. The van der Waals surface area contributed by atoms with E-state index in [9.17, 15) is 9.00 Å². The van der Waals surface area contributed by atoms with Gasteiger partial charge in [-0.3, -0.25) is 9.00 Å². The molecule has 0 aromatic heterocycles. The molecule has 1 aliphatic rings. The highest BCUT2D eigenvalue weighted by molar-refractivity contribution is 7.85. The summed E-state index contributed by atoms with van der Waals surface area (Å²) in [6.07, 6.45) is 0.0107. The van der Waals surface area contributed by atoms with Gasteiger partial charge < -0.3 is 15.0 Å². The number of carbonyl (C=O) groups is 1. The van der Waals surface area contributed by atoms with Crippen LogP contribution in [0.4, 0.5) is 0 Å². The topological polar surface area (TPSA) is 58.6 Å². The number of amides is 1. The Morgan fingerprint density at radius 3 is 2.95 bits per heavy atom. The zero-order chi connectivity index (χ0) is 15.2. The van der Waals surface area contributed by atoms with Crippen molar-refractivity contribution in [2.45, 2.75) is 17.9 Å². The molecular weight excluding hydrogens is 288 g/mol. The van der Waals surface area contributed by atoms with E-state index in [1.165, 1.54) is 0 Å². The van der Waals surface area contributed by atoms with Crippen molar-refractivity contribution in [3.05, 3.63) is 29.8 Å². The molecule has 1 saturated heterocycles. The van der Waals surface area contributed by atoms with Crippen LogP contribution in [-0.2, 0) is 15.5 Å². The molecular formula is C15H22N2O3S. The van der Waals surface area contributed by atoms with Crippen LogP contribution >= 0.6 is 0 Å². The van der Waals surface area contributed by atoms with Crippen LogP contribution in [0.25, 0.3) is 0 Å². The summed E-state index contributed by atoms with van der Waals surface area (Å²) in [5.74, 6) is 0.310. The van der Waals surface area contributed by atoms with E-state index in [-0.39, 0.29) is 12.0 Å². The average molecular weight is 310 g/mol. The van der Waals surface area contributed by atoms with Gasteiger partial charge in [0.15, 0.2) is 0 Å². The molecule has 1 aliphatic heterocycles. The third-order valence-corrected chi connectivity index (χ3v) is 4.84. The smallest absolute Gasteiger partial charge is 0.252 e. The van der Waals surface area contributed by atoms with Gasteiger partial charge in [0.2, 0.25) is 0 Å². The van der Waals surface area contributed by atoms with Gasteiger partial charge in [0.1, 0.15) is 0 Å². The molecule has 0 aliphatic carbocycles. The molecule has 1 aromatic rings. The van der Waals surface area contributed by atoms with Crippen molar-refractivity contribution in [3.8, 4) is 0 Å². The van der Waals surface area contributed by atoms with Gasteiger partial charge in [-0.25, -0.2) is 0 Å². The monoisotopic (exact) mass is 310 g/mol. The second-order valence-electron chi connectivity index (χ2n) is 5.10. The Bertz CT molecular complexity index is 521.